The Morgan fingerprint density at radius 1 is 1.41 bits per heavy atom. The normalized spacial score (nSPS) is 15.7. The van der Waals surface area contributed by atoms with Crippen LogP contribution >= 0.6 is 23.4 Å². The van der Waals surface area contributed by atoms with E-state index in [0.717, 1.165) is 49.8 Å². The Morgan fingerprint density at radius 3 is 2.91 bits per heavy atom. The first-order chi connectivity index (χ1) is 10.7. The predicted octanol–water partition coefficient (Wildman–Crippen LogP) is 2.48. The molecule has 1 aromatic carbocycles. The second kappa shape index (κ2) is 9.40. The van der Waals surface area contributed by atoms with Gasteiger partial charge in [-0.05, 0) is 36.9 Å². The second-order valence-corrected chi connectivity index (χ2v) is 7.02. The number of carbonyl (C=O) groups excluding carboxylic acids is 1. The van der Waals surface area contributed by atoms with Gasteiger partial charge in [-0.15, -0.1) is 11.8 Å². The van der Waals surface area contributed by atoms with Gasteiger partial charge in [0, 0.05) is 42.6 Å². The van der Waals surface area contributed by atoms with Crippen molar-refractivity contribution in [3.63, 3.8) is 0 Å². The summed E-state index contributed by atoms with van der Waals surface area (Å²) in [5.41, 5.74) is 0.682. The van der Waals surface area contributed by atoms with Crippen molar-refractivity contribution in [2.75, 3.05) is 45.0 Å². The zero-order valence-electron chi connectivity index (χ0n) is 13.0. The maximum Gasteiger partial charge on any atom is 0.252 e. The van der Waals surface area contributed by atoms with Crippen molar-refractivity contribution in [1.82, 2.24) is 15.5 Å². The minimum absolute atomic E-state index is 0.0289. The van der Waals surface area contributed by atoms with Crippen molar-refractivity contribution in [3.05, 3.63) is 28.8 Å². The van der Waals surface area contributed by atoms with Crippen LogP contribution in [0.25, 0.3) is 0 Å². The Hall–Kier alpha value is -0.750. The third kappa shape index (κ3) is 5.47. The van der Waals surface area contributed by atoms with Crippen LogP contribution in [0.1, 0.15) is 23.7 Å². The van der Waals surface area contributed by atoms with E-state index in [1.54, 1.807) is 17.8 Å². The van der Waals surface area contributed by atoms with E-state index in [1.165, 1.54) is 0 Å². The van der Waals surface area contributed by atoms with Crippen LogP contribution in [-0.4, -0.2) is 55.8 Å². The zero-order chi connectivity index (χ0) is 15.8. The van der Waals surface area contributed by atoms with Crippen molar-refractivity contribution in [1.29, 1.82) is 0 Å². The average Bonchev–Trinajstić information content (AvgIpc) is 2.54. The van der Waals surface area contributed by atoms with Gasteiger partial charge in [0.2, 0.25) is 0 Å². The molecule has 4 nitrogen and oxygen atoms in total. The third-order valence-corrected chi connectivity index (χ3v) is 4.82. The molecule has 1 aliphatic heterocycles. The SMILES string of the molecule is CCSc1ccc(Cl)cc1C(=O)NCCCN1CCNCC1. The summed E-state index contributed by atoms with van der Waals surface area (Å²) in [5.74, 6) is 0.906. The minimum atomic E-state index is -0.0289. The first kappa shape index (κ1) is 17.6. The molecule has 1 fully saturated rings. The molecule has 0 aromatic heterocycles. The number of halogens is 1. The van der Waals surface area contributed by atoms with Crippen molar-refractivity contribution < 1.29 is 4.79 Å². The molecular formula is C16H24ClN3OS. The van der Waals surface area contributed by atoms with Gasteiger partial charge in [-0.3, -0.25) is 4.79 Å². The van der Waals surface area contributed by atoms with Gasteiger partial charge >= 0.3 is 0 Å². The average molecular weight is 342 g/mol. The van der Waals surface area contributed by atoms with Gasteiger partial charge in [0.25, 0.3) is 5.91 Å². The molecule has 2 N–H and O–H groups in total. The molecule has 1 aliphatic rings. The van der Waals surface area contributed by atoms with E-state index in [9.17, 15) is 4.79 Å². The van der Waals surface area contributed by atoms with Gasteiger partial charge in [0.05, 0.1) is 5.56 Å². The zero-order valence-corrected chi connectivity index (χ0v) is 14.6. The molecule has 0 aliphatic carbocycles. The number of hydrogen-bond acceptors (Lipinski definition) is 4. The van der Waals surface area contributed by atoms with Crippen molar-refractivity contribution in [2.24, 2.45) is 0 Å². The van der Waals surface area contributed by atoms with E-state index in [0.29, 0.717) is 17.1 Å². The lowest BCUT2D eigenvalue weighted by atomic mass is 10.2. The number of piperazine rings is 1. The van der Waals surface area contributed by atoms with Crippen LogP contribution < -0.4 is 10.6 Å². The summed E-state index contributed by atoms with van der Waals surface area (Å²) in [6.45, 7) is 8.13. The van der Waals surface area contributed by atoms with Crippen LogP contribution in [0.5, 0.6) is 0 Å². The minimum Gasteiger partial charge on any atom is -0.352 e. The van der Waals surface area contributed by atoms with Gasteiger partial charge < -0.3 is 15.5 Å². The van der Waals surface area contributed by atoms with Crippen LogP contribution in [-0.2, 0) is 0 Å². The highest BCUT2D eigenvalue weighted by Gasteiger charge is 2.13. The largest absolute Gasteiger partial charge is 0.352 e. The Bertz CT molecular complexity index is 492. The van der Waals surface area contributed by atoms with Gasteiger partial charge in [-0.25, -0.2) is 0 Å². The molecule has 1 saturated heterocycles. The van der Waals surface area contributed by atoms with Crippen molar-refractivity contribution in [2.45, 2.75) is 18.2 Å². The summed E-state index contributed by atoms with van der Waals surface area (Å²) in [5, 5.41) is 6.96. The molecule has 122 valence electrons. The van der Waals surface area contributed by atoms with E-state index in [4.69, 9.17) is 11.6 Å². The first-order valence-corrected chi connectivity index (χ1v) is 9.20. The lowest BCUT2D eigenvalue weighted by Gasteiger charge is -2.27. The maximum absolute atomic E-state index is 12.3. The molecule has 6 heteroatoms. The fourth-order valence-electron chi connectivity index (χ4n) is 2.50. The Morgan fingerprint density at radius 2 is 2.18 bits per heavy atom. The molecule has 0 spiro atoms. The summed E-state index contributed by atoms with van der Waals surface area (Å²) in [7, 11) is 0. The van der Waals surface area contributed by atoms with E-state index in [-0.39, 0.29) is 5.91 Å². The monoisotopic (exact) mass is 341 g/mol. The van der Waals surface area contributed by atoms with Crippen molar-refractivity contribution in [3.8, 4) is 0 Å². The van der Waals surface area contributed by atoms with E-state index < -0.39 is 0 Å². The quantitative estimate of drug-likeness (QED) is 0.590. The van der Waals surface area contributed by atoms with E-state index in [1.807, 2.05) is 12.1 Å². The third-order valence-electron chi connectivity index (χ3n) is 3.63. The fourth-order valence-corrected chi connectivity index (χ4v) is 3.45. The summed E-state index contributed by atoms with van der Waals surface area (Å²) in [6, 6.07) is 5.51. The molecule has 0 radical (unpaired) electrons. The van der Waals surface area contributed by atoms with E-state index in [2.05, 4.69) is 22.5 Å². The lowest BCUT2D eigenvalue weighted by Crippen LogP contribution is -2.44. The van der Waals surface area contributed by atoms with Gasteiger partial charge in [0.1, 0.15) is 0 Å². The molecule has 1 amide bonds. The summed E-state index contributed by atoms with van der Waals surface area (Å²) in [4.78, 5) is 15.8. The summed E-state index contributed by atoms with van der Waals surface area (Å²) >= 11 is 7.69. The topological polar surface area (TPSA) is 44.4 Å². The Balaban J connectivity index is 1.80. The standard InChI is InChI=1S/C16H24ClN3OS/c1-2-22-15-5-4-13(17)12-14(15)16(21)19-6-3-9-20-10-7-18-8-11-20/h4-5,12,18H,2-3,6-11H2,1H3,(H,19,21). The lowest BCUT2D eigenvalue weighted by molar-refractivity contribution is 0.0948. The molecule has 1 heterocycles. The van der Waals surface area contributed by atoms with Gasteiger partial charge in [-0.1, -0.05) is 18.5 Å². The molecule has 1 aromatic rings. The second-order valence-electron chi connectivity index (χ2n) is 5.27. The van der Waals surface area contributed by atoms with Gasteiger partial charge in [-0.2, -0.15) is 0 Å². The Labute approximate surface area is 142 Å². The van der Waals surface area contributed by atoms with Crippen LogP contribution in [0.2, 0.25) is 5.02 Å². The van der Waals surface area contributed by atoms with Crippen LogP contribution in [0, 0.1) is 0 Å². The number of benzene rings is 1. The maximum atomic E-state index is 12.3. The van der Waals surface area contributed by atoms with Gasteiger partial charge in [0.15, 0.2) is 0 Å². The highest BCUT2D eigenvalue weighted by Crippen LogP contribution is 2.25. The number of rotatable bonds is 7. The van der Waals surface area contributed by atoms with Crippen LogP contribution in [0.3, 0.4) is 0 Å². The molecule has 0 bridgehead atoms. The first-order valence-electron chi connectivity index (χ1n) is 7.84. The predicted molar refractivity (Wildman–Crippen MR) is 94.1 cm³/mol. The Kier molecular flexibility index (Phi) is 7.52. The molecule has 0 atom stereocenters. The van der Waals surface area contributed by atoms with Crippen LogP contribution in [0.15, 0.2) is 23.1 Å². The molecular weight excluding hydrogens is 318 g/mol. The summed E-state index contributed by atoms with van der Waals surface area (Å²) < 4.78 is 0. The highest BCUT2D eigenvalue weighted by atomic mass is 35.5. The smallest absolute Gasteiger partial charge is 0.252 e. The number of hydrogen-bond donors (Lipinski definition) is 2. The molecule has 2 rings (SSSR count). The molecule has 0 unspecified atom stereocenters. The number of thioether (sulfide) groups is 1. The molecule has 0 saturated carbocycles. The number of nitrogens with zero attached hydrogens (tertiary/aromatic N) is 1. The highest BCUT2D eigenvalue weighted by molar-refractivity contribution is 7.99. The fraction of sp³-hybridized carbons (Fsp3) is 0.562. The van der Waals surface area contributed by atoms with E-state index >= 15 is 0 Å². The van der Waals surface area contributed by atoms with Crippen molar-refractivity contribution >= 4 is 29.3 Å². The van der Waals surface area contributed by atoms with Crippen LogP contribution in [0.4, 0.5) is 0 Å². The number of nitrogens with one attached hydrogen (secondary N) is 2. The number of carbonyl (C=O) groups is 1. The number of amides is 1. The molecule has 22 heavy (non-hydrogen) atoms. The summed E-state index contributed by atoms with van der Waals surface area (Å²) in [6.07, 6.45) is 0.975.